The Hall–Kier alpha value is -3.57. The van der Waals surface area contributed by atoms with E-state index in [-0.39, 0.29) is 0 Å². The lowest BCUT2D eigenvalue weighted by Gasteiger charge is -2.10. The second kappa shape index (κ2) is 8.66. The molecule has 2 heterocycles. The number of H-pyrrole nitrogens is 1. The highest BCUT2D eigenvalue weighted by Gasteiger charge is 2.11. The number of aromatic nitrogens is 2. The van der Waals surface area contributed by atoms with Gasteiger partial charge in [-0.3, -0.25) is 0 Å². The number of hydrogen-bond acceptors (Lipinski definition) is 3. The molecule has 0 fully saturated rings. The fraction of sp³-hybridized carbons (Fsp3) is 0.115. The maximum atomic E-state index is 5.51. The average Bonchev–Trinajstić information content (AvgIpc) is 3.42. The Morgan fingerprint density at radius 2 is 1.71 bits per heavy atom. The number of para-hydroxylation sites is 3. The first-order chi connectivity index (χ1) is 15.3. The van der Waals surface area contributed by atoms with Crippen molar-refractivity contribution in [2.24, 2.45) is 4.99 Å². The van der Waals surface area contributed by atoms with E-state index in [4.69, 9.17) is 9.73 Å². The summed E-state index contributed by atoms with van der Waals surface area (Å²) in [6.07, 6.45) is 3.04. The molecule has 0 atom stereocenters. The number of thiazole rings is 1. The second-order valence-corrected chi connectivity index (χ2v) is 8.15. The molecule has 0 saturated heterocycles. The number of nitrogens with zero attached hydrogens (tertiary/aromatic N) is 2. The van der Waals surface area contributed by atoms with Crippen LogP contribution in [-0.4, -0.2) is 16.7 Å². The molecule has 0 aliphatic rings. The summed E-state index contributed by atoms with van der Waals surface area (Å²) in [5.41, 5.74) is 5.71. The number of hydrogen-bond donors (Lipinski definition) is 1. The number of ether oxygens (including phenoxy) is 1. The van der Waals surface area contributed by atoms with Crippen LogP contribution in [0.2, 0.25) is 0 Å². The molecule has 0 aliphatic heterocycles. The van der Waals surface area contributed by atoms with Crippen molar-refractivity contribution in [3.8, 4) is 17.0 Å². The summed E-state index contributed by atoms with van der Waals surface area (Å²) in [4.78, 5) is 9.32. The van der Waals surface area contributed by atoms with Gasteiger partial charge in [0.1, 0.15) is 11.4 Å². The van der Waals surface area contributed by atoms with Crippen LogP contribution in [0.3, 0.4) is 0 Å². The SMILES string of the molecule is COc1ccccc1N=c1scc(-c2ccccc2)n1CCc1c[nH]c2ccccc12. The molecule has 0 amide bonds. The van der Waals surface area contributed by atoms with E-state index in [1.807, 2.05) is 30.3 Å². The van der Waals surface area contributed by atoms with Crippen molar-refractivity contribution in [3.05, 3.63) is 101 Å². The zero-order valence-corrected chi connectivity index (χ0v) is 18.1. The zero-order valence-electron chi connectivity index (χ0n) is 17.3. The molecule has 3 aromatic carbocycles. The molecule has 5 rings (SSSR count). The molecule has 0 unspecified atom stereocenters. The quantitative estimate of drug-likeness (QED) is 0.347. The van der Waals surface area contributed by atoms with Crippen molar-refractivity contribution < 1.29 is 4.74 Å². The second-order valence-electron chi connectivity index (χ2n) is 7.31. The summed E-state index contributed by atoms with van der Waals surface area (Å²) in [6.45, 7) is 0.837. The van der Waals surface area contributed by atoms with Crippen molar-refractivity contribution in [3.63, 3.8) is 0 Å². The minimum absolute atomic E-state index is 0.778. The number of aromatic amines is 1. The van der Waals surface area contributed by atoms with Crippen molar-refractivity contribution in [2.45, 2.75) is 13.0 Å². The number of nitrogens with one attached hydrogen (secondary N) is 1. The van der Waals surface area contributed by atoms with E-state index in [2.05, 4.69) is 69.7 Å². The van der Waals surface area contributed by atoms with Crippen LogP contribution in [0.1, 0.15) is 5.56 Å². The normalized spacial score (nSPS) is 11.8. The summed E-state index contributed by atoms with van der Waals surface area (Å²) in [5.74, 6) is 0.778. The molecule has 0 saturated carbocycles. The third-order valence-electron chi connectivity index (χ3n) is 5.45. The van der Waals surface area contributed by atoms with Crippen LogP contribution in [-0.2, 0) is 13.0 Å². The van der Waals surface area contributed by atoms with Gasteiger partial charge in [-0.25, -0.2) is 4.99 Å². The average molecular weight is 426 g/mol. The Bertz CT molecular complexity index is 1380. The number of methoxy groups -OCH3 is 1. The van der Waals surface area contributed by atoms with E-state index in [9.17, 15) is 0 Å². The maximum absolute atomic E-state index is 5.51. The Kier molecular flexibility index (Phi) is 5.42. The summed E-state index contributed by atoms with van der Waals surface area (Å²) < 4.78 is 7.83. The van der Waals surface area contributed by atoms with Crippen LogP contribution in [0.5, 0.6) is 5.75 Å². The molecule has 2 aromatic heterocycles. The monoisotopic (exact) mass is 425 g/mol. The molecule has 0 radical (unpaired) electrons. The van der Waals surface area contributed by atoms with Crippen LogP contribution in [0.4, 0.5) is 5.69 Å². The number of rotatable bonds is 6. The molecule has 0 bridgehead atoms. The lowest BCUT2D eigenvalue weighted by Crippen LogP contribution is -2.17. The smallest absolute Gasteiger partial charge is 0.190 e. The number of benzene rings is 3. The highest BCUT2D eigenvalue weighted by molar-refractivity contribution is 7.07. The minimum atomic E-state index is 0.778. The van der Waals surface area contributed by atoms with Crippen LogP contribution in [0.25, 0.3) is 22.2 Å². The van der Waals surface area contributed by atoms with E-state index in [0.29, 0.717) is 0 Å². The molecule has 0 aliphatic carbocycles. The van der Waals surface area contributed by atoms with Gasteiger partial charge >= 0.3 is 0 Å². The number of fused-ring (bicyclic) bond motifs is 1. The Balaban J connectivity index is 1.58. The molecular formula is C26H23N3OS. The Morgan fingerprint density at radius 1 is 0.935 bits per heavy atom. The van der Waals surface area contributed by atoms with Gasteiger partial charge in [0.2, 0.25) is 0 Å². The van der Waals surface area contributed by atoms with Crippen LogP contribution in [0.15, 0.2) is 95.4 Å². The highest BCUT2D eigenvalue weighted by atomic mass is 32.1. The minimum Gasteiger partial charge on any atom is -0.494 e. The molecule has 31 heavy (non-hydrogen) atoms. The number of aryl methyl sites for hydroxylation is 1. The van der Waals surface area contributed by atoms with Crippen LogP contribution < -0.4 is 9.54 Å². The van der Waals surface area contributed by atoms with Gasteiger partial charge in [0.15, 0.2) is 4.80 Å². The van der Waals surface area contributed by atoms with Gasteiger partial charge in [-0.15, -0.1) is 11.3 Å². The van der Waals surface area contributed by atoms with Crippen LogP contribution >= 0.6 is 11.3 Å². The summed E-state index contributed by atoms with van der Waals surface area (Å²) in [5, 5.41) is 3.47. The summed E-state index contributed by atoms with van der Waals surface area (Å²) in [6, 6.07) is 26.8. The summed E-state index contributed by atoms with van der Waals surface area (Å²) >= 11 is 1.66. The highest BCUT2D eigenvalue weighted by Crippen LogP contribution is 2.27. The van der Waals surface area contributed by atoms with Gasteiger partial charge < -0.3 is 14.3 Å². The first kappa shape index (κ1) is 19.4. The topological polar surface area (TPSA) is 42.3 Å². The fourth-order valence-electron chi connectivity index (χ4n) is 3.87. The van der Waals surface area contributed by atoms with Crippen molar-refractivity contribution in [1.29, 1.82) is 0 Å². The van der Waals surface area contributed by atoms with Gasteiger partial charge in [0.05, 0.1) is 12.8 Å². The molecule has 154 valence electrons. The lowest BCUT2D eigenvalue weighted by molar-refractivity contribution is 0.416. The van der Waals surface area contributed by atoms with E-state index < -0.39 is 0 Å². The van der Waals surface area contributed by atoms with Gasteiger partial charge in [0, 0.05) is 29.0 Å². The predicted octanol–water partition coefficient (Wildman–Crippen LogP) is 6.18. The first-order valence-electron chi connectivity index (χ1n) is 10.3. The lowest BCUT2D eigenvalue weighted by atomic mass is 10.1. The third kappa shape index (κ3) is 3.92. The maximum Gasteiger partial charge on any atom is 0.190 e. The third-order valence-corrected chi connectivity index (χ3v) is 6.31. The predicted molar refractivity (Wildman–Crippen MR) is 128 cm³/mol. The van der Waals surface area contributed by atoms with Crippen molar-refractivity contribution in [1.82, 2.24) is 9.55 Å². The standard InChI is InChI=1S/C26H23N3OS/c1-30-25-14-8-7-13-23(25)28-26-29(24(18-31-26)19-9-3-2-4-10-19)16-15-20-17-27-22-12-6-5-11-21(20)22/h2-14,17-18,27H,15-16H2,1H3. The van der Waals surface area contributed by atoms with E-state index in [1.54, 1.807) is 18.4 Å². The van der Waals surface area contributed by atoms with E-state index >= 15 is 0 Å². The summed E-state index contributed by atoms with van der Waals surface area (Å²) in [7, 11) is 1.68. The van der Waals surface area contributed by atoms with Gasteiger partial charge in [-0.05, 0) is 35.7 Å². The van der Waals surface area contributed by atoms with Gasteiger partial charge in [-0.2, -0.15) is 0 Å². The largest absolute Gasteiger partial charge is 0.494 e. The van der Waals surface area contributed by atoms with Gasteiger partial charge in [0.25, 0.3) is 0 Å². The zero-order chi connectivity index (χ0) is 21.0. The van der Waals surface area contributed by atoms with Crippen molar-refractivity contribution in [2.75, 3.05) is 7.11 Å². The van der Waals surface area contributed by atoms with E-state index in [0.717, 1.165) is 29.2 Å². The molecule has 1 N–H and O–H groups in total. The molecule has 5 aromatic rings. The molecule has 0 spiro atoms. The van der Waals surface area contributed by atoms with E-state index in [1.165, 1.54) is 27.7 Å². The molecule has 5 heteroatoms. The molecule has 4 nitrogen and oxygen atoms in total. The molecular weight excluding hydrogens is 402 g/mol. The van der Waals surface area contributed by atoms with Gasteiger partial charge in [-0.1, -0.05) is 60.7 Å². The Morgan fingerprint density at radius 3 is 2.58 bits per heavy atom. The van der Waals surface area contributed by atoms with Crippen LogP contribution in [0, 0.1) is 0 Å². The fourth-order valence-corrected chi connectivity index (χ4v) is 4.82. The first-order valence-corrected chi connectivity index (χ1v) is 11.2. The van der Waals surface area contributed by atoms with Crippen molar-refractivity contribution >= 4 is 27.9 Å². The Labute approximate surface area is 185 Å².